The highest BCUT2D eigenvalue weighted by atomic mass is 79.9. The summed E-state index contributed by atoms with van der Waals surface area (Å²) >= 11 is 7.34. The van der Waals surface area contributed by atoms with Crippen molar-refractivity contribution in [2.45, 2.75) is 16.6 Å². The van der Waals surface area contributed by atoms with Crippen LogP contribution in [0.5, 0.6) is 0 Å². The average molecular weight is 270 g/mol. The molecule has 0 saturated heterocycles. The van der Waals surface area contributed by atoms with Crippen LogP contribution >= 0.6 is 28.6 Å². The quantitative estimate of drug-likeness (QED) is 0.510. The predicted molar refractivity (Wildman–Crippen MR) is 61.1 cm³/mol. The van der Waals surface area contributed by atoms with E-state index in [0.29, 0.717) is 16.0 Å². The van der Waals surface area contributed by atoms with Gasteiger partial charge in [0, 0.05) is 10.5 Å². The smallest absolute Gasteiger partial charge is 0.178 e. The van der Waals surface area contributed by atoms with Gasteiger partial charge in [-0.15, -0.1) is 12.6 Å². The van der Waals surface area contributed by atoms with Gasteiger partial charge in [-0.05, 0) is 19.1 Å². The molecule has 1 aromatic carbocycles. The maximum atomic E-state index is 11.7. The van der Waals surface area contributed by atoms with Crippen molar-refractivity contribution in [1.82, 2.24) is 0 Å². The molecular formula is C10H8BrNOS. The van der Waals surface area contributed by atoms with Gasteiger partial charge in [0.1, 0.15) is 0 Å². The third-order valence-corrected chi connectivity index (χ3v) is 2.56. The van der Waals surface area contributed by atoms with Crippen LogP contribution in [0.3, 0.4) is 0 Å². The summed E-state index contributed by atoms with van der Waals surface area (Å²) in [7, 11) is 0. The van der Waals surface area contributed by atoms with Crippen molar-refractivity contribution in [3.63, 3.8) is 0 Å². The normalized spacial score (nSPS) is 11.9. The van der Waals surface area contributed by atoms with Gasteiger partial charge in [0.15, 0.2) is 5.78 Å². The number of benzene rings is 1. The van der Waals surface area contributed by atoms with E-state index < -0.39 is 0 Å². The first kappa shape index (κ1) is 11.3. The Labute approximate surface area is 96.5 Å². The summed E-state index contributed by atoms with van der Waals surface area (Å²) in [5, 5.41) is 8.82. The zero-order valence-electron chi connectivity index (χ0n) is 7.49. The van der Waals surface area contributed by atoms with Gasteiger partial charge >= 0.3 is 0 Å². The topological polar surface area (TPSA) is 40.9 Å². The maximum Gasteiger partial charge on any atom is 0.178 e. The lowest BCUT2D eigenvalue weighted by Gasteiger charge is -2.07. The molecule has 72 valence electrons. The Kier molecular flexibility index (Phi) is 3.73. The van der Waals surface area contributed by atoms with Crippen LogP contribution in [0.25, 0.3) is 0 Å². The van der Waals surface area contributed by atoms with Gasteiger partial charge in [-0.3, -0.25) is 4.79 Å². The first-order valence-corrected chi connectivity index (χ1v) is 5.34. The fraction of sp³-hybridized carbons (Fsp3) is 0.200. The van der Waals surface area contributed by atoms with E-state index in [0.717, 1.165) is 0 Å². The van der Waals surface area contributed by atoms with Crippen LogP contribution in [0.2, 0.25) is 0 Å². The lowest BCUT2D eigenvalue weighted by atomic mass is 10.0. The lowest BCUT2D eigenvalue weighted by Crippen LogP contribution is -2.12. The molecule has 2 nitrogen and oxygen atoms in total. The number of nitriles is 1. The minimum absolute atomic E-state index is 0.118. The van der Waals surface area contributed by atoms with Crippen molar-refractivity contribution in [2.75, 3.05) is 0 Å². The largest absolute Gasteiger partial charge is 0.293 e. The highest BCUT2D eigenvalue weighted by Crippen LogP contribution is 2.21. The Morgan fingerprint density at radius 3 is 2.79 bits per heavy atom. The molecule has 0 saturated carbocycles. The maximum absolute atomic E-state index is 11.7. The molecule has 0 spiro atoms. The molecule has 0 heterocycles. The number of halogens is 1. The SMILES string of the molecule is CC(Br)C(=O)c1c(S)cccc1C#N. The van der Waals surface area contributed by atoms with Crippen molar-refractivity contribution in [3.8, 4) is 6.07 Å². The van der Waals surface area contributed by atoms with Gasteiger partial charge in [-0.1, -0.05) is 22.0 Å². The van der Waals surface area contributed by atoms with E-state index in [1.54, 1.807) is 25.1 Å². The minimum atomic E-state index is -0.303. The van der Waals surface area contributed by atoms with Gasteiger partial charge in [0.2, 0.25) is 0 Å². The molecule has 0 aliphatic carbocycles. The Morgan fingerprint density at radius 2 is 2.29 bits per heavy atom. The molecular weight excluding hydrogens is 262 g/mol. The van der Waals surface area contributed by atoms with Crippen LogP contribution < -0.4 is 0 Å². The van der Waals surface area contributed by atoms with E-state index in [9.17, 15) is 4.79 Å². The third-order valence-electron chi connectivity index (χ3n) is 1.77. The highest BCUT2D eigenvalue weighted by Gasteiger charge is 2.18. The molecule has 0 aliphatic heterocycles. The van der Waals surface area contributed by atoms with E-state index in [1.807, 2.05) is 6.07 Å². The van der Waals surface area contributed by atoms with Gasteiger partial charge < -0.3 is 0 Å². The van der Waals surface area contributed by atoms with Gasteiger partial charge in [-0.2, -0.15) is 5.26 Å². The molecule has 0 aromatic heterocycles. The molecule has 0 N–H and O–H groups in total. The molecule has 0 radical (unpaired) electrons. The predicted octanol–water partition coefficient (Wildman–Crippen LogP) is 2.81. The zero-order chi connectivity index (χ0) is 10.7. The summed E-state index contributed by atoms with van der Waals surface area (Å²) in [6.45, 7) is 1.73. The number of rotatable bonds is 2. The fourth-order valence-corrected chi connectivity index (χ4v) is 1.64. The Hall–Kier alpha value is -0.790. The van der Waals surface area contributed by atoms with E-state index in [1.165, 1.54) is 0 Å². The van der Waals surface area contributed by atoms with Crippen molar-refractivity contribution >= 4 is 34.3 Å². The number of hydrogen-bond donors (Lipinski definition) is 1. The lowest BCUT2D eigenvalue weighted by molar-refractivity contribution is 0.0993. The molecule has 0 aliphatic rings. The van der Waals surface area contributed by atoms with Gasteiger partial charge in [0.05, 0.1) is 16.5 Å². The third kappa shape index (κ3) is 2.17. The molecule has 0 amide bonds. The summed E-state index contributed by atoms with van der Waals surface area (Å²) in [5.41, 5.74) is 0.761. The number of alkyl halides is 1. The van der Waals surface area contributed by atoms with E-state index >= 15 is 0 Å². The molecule has 1 unspecified atom stereocenters. The first-order chi connectivity index (χ1) is 6.57. The van der Waals surface area contributed by atoms with Gasteiger partial charge in [0.25, 0.3) is 0 Å². The fourth-order valence-electron chi connectivity index (χ4n) is 1.09. The monoisotopic (exact) mass is 269 g/mol. The van der Waals surface area contributed by atoms with Crippen LogP contribution in [0.4, 0.5) is 0 Å². The average Bonchev–Trinajstić information content (AvgIpc) is 2.16. The Balaban J connectivity index is 3.33. The first-order valence-electron chi connectivity index (χ1n) is 3.98. The van der Waals surface area contributed by atoms with Crippen molar-refractivity contribution in [1.29, 1.82) is 5.26 Å². The van der Waals surface area contributed by atoms with Crippen LogP contribution in [0.1, 0.15) is 22.8 Å². The summed E-state index contributed by atoms with van der Waals surface area (Å²) in [6, 6.07) is 7.00. The zero-order valence-corrected chi connectivity index (χ0v) is 9.97. The molecule has 4 heteroatoms. The number of Topliss-reactive ketones (excluding diaryl/α,β-unsaturated/α-hetero) is 1. The summed E-state index contributed by atoms with van der Waals surface area (Å²) in [6.07, 6.45) is 0. The van der Waals surface area contributed by atoms with Gasteiger partial charge in [-0.25, -0.2) is 0 Å². The second-order valence-corrected chi connectivity index (χ2v) is 4.65. The van der Waals surface area contributed by atoms with Crippen LogP contribution in [-0.2, 0) is 0 Å². The summed E-state index contributed by atoms with van der Waals surface area (Å²) < 4.78 is 0. The Morgan fingerprint density at radius 1 is 1.64 bits per heavy atom. The van der Waals surface area contributed by atoms with E-state index in [4.69, 9.17) is 5.26 Å². The number of hydrogen-bond acceptors (Lipinski definition) is 3. The molecule has 0 fully saturated rings. The van der Waals surface area contributed by atoms with Crippen LogP contribution in [-0.4, -0.2) is 10.6 Å². The van der Waals surface area contributed by atoms with Crippen molar-refractivity contribution in [3.05, 3.63) is 29.3 Å². The molecule has 1 aromatic rings. The number of nitrogens with zero attached hydrogens (tertiary/aromatic N) is 1. The van der Waals surface area contributed by atoms with E-state index in [-0.39, 0.29) is 10.6 Å². The molecule has 1 rings (SSSR count). The number of ketones is 1. The molecule has 1 atom stereocenters. The summed E-state index contributed by atoms with van der Waals surface area (Å²) in [5.74, 6) is -0.118. The highest BCUT2D eigenvalue weighted by molar-refractivity contribution is 9.10. The van der Waals surface area contributed by atoms with Crippen LogP contribution in [0, 0.1) is 11.3 Å². The number of thiol groups is 1. The summed E-state index contributed by atoms with van der Waals surface area (Å²) in [4.78, 5) is 11.9. The van der Waals surface area contributed by atoms with E-state index in [2.05, 4.69) is 28.6 Å². The minimum Gasteiger partial charge on any atom is -0.293 e. The van der Waals surface area contributed by atoms with Crippen molar-refractivity contribution in [2.24, 2.45) is 0 Å². The van der Waals surface area contributed by atoms with Crippen molar-refractivity contribution < 1.29 is 4.79 Å². The Bertz CT molecular complexity index is 409. The molecule has 14 heavy (non-hydrogen) atoms. The number of carbonyl (C=O) groups is 1. The standard InChI is InChI=1S/C10H8BrNOS/c1-6(11)10(13)9-7(5-12)3-2-4-8(9)14/h2-4,6,14H,1H3. The number of carbonyl (C=O) groups excluding carboxylic acids is 1. The molecule has 0 bridgehead atoms. The van der Waals surface area contributed by atoms with Crippen LogP contribution in [0.15, 0.2) is 23.1 Å². The second-order valence-electron chi connectivity index (χ2n) is 2.79. The second kappa shape index (κ2) is 4.63.